The van der Waals surface area contributed by atoms with E-state index in [0.717, 1.165) is 35.3 Å². The lowest BCUT2D eigenvalue weighted by atomic mass is 10.0. The number of ether oxygens (including phenoxy) is 1. The van der Waals surface area contributed by atoms with Crippen LogP contribution in [-0.4, -0.2) is 27.3 Å². The van der Waals surface area contributed by atoms with Gasteiger partial charge in [0.15, 0.2) is 0 Å². The minimum absolute atomic E-state index is 0.421. The molecule has 1 aromatic rings. The molecule has 0 radical (unpaired) electrons. The number of aryl methyl sites for hydroxylation is 1. The summed E-state index contributed by atoms with van der Waals surface area (Å²) in [5.74, 6) is 0. The van der Waals surface area contributed by atoms with Gasteiger partial charge in [0, 0.05) is 19.8 Å². The van der Waals surface area contributed by atoms with E-state index in [9.17, 15) is 4.79 Å². The highest BCUT2D eigenvalue weighted by Gasteiger charge is 2.14. The first-order valence-electron chi connectivity index (χ1n) is 6.22. The van der Waals surface area contributed by atoms with E-state index in [2.05, 4.69) is 40.9 Å². The molecular weight excluding hydrogens is 228 g/mol. The topological polar surface area (TPSA) is 41.6 Å². The fourth-order valence-corrected chi connectivity index (χ4v) is 2.07. The first-order chi connectivity index (χ1) is 8.54. The van der Waals surface area contributed by atoms with Crippen molar-refractivity contribution in [3.8, 4) is 0 Å². The zero-order valence-corrected chi connectivity index (χ0v) is 11.8. The Hall–Kier alpha value is -1.71. The summed E-state index contributed by atoms with van der Waals surface area (Å²) in [6, 6.07) is 4.15. The fraction of sp³-hybridized carbons (Fsp3) is 0.500. The van der Waals surface area contributed by atoms with Crippen molar-refractivity contribution in [1.29, 1.82) is 0 Å². The Morgan fingerprint density at radius 1 is 1.28 bits per heavy atom. The van der Waals surface area contributed by atoms with Crippen molar-refractivity contribution in [2.24, 2.45) is 0 Å². The minimum atomic E-state index is -0.421. The van der Waals surface area contributed by atoms with Gasteiger partial charge in [-0.05, 0) is 30.0 Å². The van der Waals surface area contributed by atoms with Crippen LogP contribution in [0.5, 0.6) is 0 Å². The predicted molar refractivity (Wildman–Crippen MR) is 75.6 cm³/mol. The number of nitrogens with one attached hydrogen (secondary N) is 1. The SMILES string of the molecule is CCc1ccc(N(C)C)c(CC)c1NC(=O)OC. The van der Waals surface area contributed by atoms with Gasteiger partial charge in [0.2, 0.25) is 0 Å². The van der Waals surface area contributed by atoms with Gasteiger partial charge in [0.25, 0.3) is 0 Å². The molecular formula is C14H22N2O2. The molecule has 0 aliphatic carbocycles. The van der Waals surface area contributed by atoms with Crippen molar-refractivity contribution in [2.45, 2.75) is 26.7 Å². The lowest BCUT2D eigenvalue weighted by Gasteiger charge is -2.22. The molecule has 0 spiro atoms. The maximum atomic E-state index is 11.5. The van der Waals surface area contributed by atoms with Gasteiger partial charge in [0.05, 0.1) is 12.8 Å². The molecule has 0 saturated heterocycles. The molecule has 0 heterocycles. The Balaban J connectivity index is 3.32. The normalized spacial score (nSPS) is 10.1. The molecule has 0 unspecified atom stereocenters. The first-order valence-corrected chi connectivity index (χ1v) is 6.22. The van der Waals surface area contributed by atoms with E-state index >= 15 is 0 Å². The highest BCUT2D eigenvalue weighted by molar-refractivity contribution is 5.88. The Morgan fingerprint density at radius 2 is 1.94 bits per heavy atom. The highest BCUT2D eigenvalue weighted by Crippen LogP contribution is 2.31. The molecule has 1 amide bonds. The third kappa shape index (κ3) is 2.94. The molecule has 1 rings (SSSR count). The standard InChI is InChI=1S/C14H22N2O2/c1-6-10-8-9-12(16(3)4)11(7-2)13(10)15-14(17)18-5/h8-9H,6-7H2,1-5H3,(H,15,17). The number of benzene rings is 1. The quantitative estimate of drug-likeness (QED) is 0.893. The van der Waals surface area contributed by atoms with Crippen molar-refractivity contribution in [3.63, 3.8) is 0 Å². The largest absolute Gasteiger partial charge is 0.453 e. The van der Waals surface area contributed by atoms with Gasteiger partial charge < -0.3 is 9.64 Å². The number of hydrogen-bond donors (Lipinski definition) is 1. The summed E-state index contributed by atoms with van der Waals surface area (Å²) in [6.07, 6.45) is 1.32. The molecule has 4 heteroatoms. The summed E-state index contributed by atoms with van der Waals surface area (Å²) in [4.78, 5) is 13.5. The lowest BCUT2D eigenvalue weighted by Crippen LogP contribution is -2.17. The van der Waals surface area contributed by atoms with E-state index in [4.69, 9.17) is 0 Å². The number of anilines is 2. The minimum Gasteiger partial charge on any atom is -0.453 e. The third-order valence-electron chi connectivity index (χ3n) is 3.00. The number of rotatable bonds is 4. The number of carbonyl (C=O) groups is 1. The van der Waals surface area contributed by atoms with Crippen molar-refractivity contribution >= 4 is 17.5 Å². The van der Waals surface area contributed by atoms with Crippen LogP contribution >= 0.6 is 0 Å². The Morgan fingerprint density at radius 3 is 2.39 bits per heavy atom. The van der Waals surface area contributed by atoms with Gasteiger partial charge in [-0.25, -0.2) is 4.79 Å². The summed E-state index contributed by atoms with van der Waals surface area (Å²) in [5.41, 5.74) is 4.28. The summed E-state index contributed by atoms with van der Waals surface area (Å²) >= 11 is 0. The number of hydrogen-bond acceptors (Lipinski definition) is 3. The second-order valence-electron chi connectivity index (χ2n) is 4.32. The smallest absolute Gasteiger partial charge is 0.411 e. The number of amides is 1. The van der Waals surface area contributed by atoms with E-state index in [0.29, 0.717) is 0 Å². The summed E-state index contributed by atoms with van der Waals surface area (Å²) < 4.78 is 4.69. The van der Waals surface area contributed by atoms with E-state index < -0.39 is 6.09 Å². The van der Waals surface area contributed by atoms with Crippen LogP contribution in [-0.2, 0) is 17.6 Å². The Bertz CT molecular complexity index is 428. The summed E-state index contributed by atoms with van der Waals surface area (Å²) in [7, 11) is 5.38. The molecule has 18 heavy (non-hydrogen) atoms. The number of nitrogens with zero attached hydrogens (tertiary/aromatic N) is 1. The van der Waals surface area contributed by atoms with Crippen LogP contribution in [0.4, 0.5) is 16.2 Å². The zero-order valence-electron chi connectivity index (χ0n) is 11.8. The van der Waals surface area contributed by atoms with Crippen molar-refractivity contribution in [2.75, 3.05) is 31.4 Å². The maximum absolute atomic E-state index is 11.5. The van der Waals surface area contributed by atoms with Crippen LogP contribution in [0.2, 0.25) is 0 Å². The van der Waals surface area contributed by atoms with E-state index in [1.165, 1.54) is 7.11 Å². The molecule has 0 saturated carbocycles. The van der Waals surface area contributed by atoms with E-state index in [1.807, 2.05) is 14.1 Å². The molecule has 0 bridgehead atoms. The first kappa shape index (κ1) is 14.4. The fourth-order valence-electron chi connectivity index (χ4n) is 2.07. The molecule has 0 aromatic heterocycles. The van der Waals surface area contributed by atoms with Crippen molar-refractivity contribution < 1.29 is 9.53 Å². The van der Waals surface area contributed by atoms with E-state index in [-0.39, 0.29) is 0 Å². The van der Waals surface area contributed by atoms with Crippen LogP contribution in [0.1, 0.15) is 25.0 Å². The van der Waals surface area contributed by atoms with E-state index in [1.54, 1.807) is 0 Å². The van der Waals surface area contributed by atoms with Gasteiger partial charge in [0.1, 0.15) is 0 Å². The van der Waals surface area contributed by atoms with Crippen LogP contribution < -0.4 is 10.2 Å². The average molecular weight is 250 g/mol. The van der Waals surface area contributed by atoms with Crippen LogP contribution in [0, 0.1) is 0 Å². The molecule has 0 atom stereocenters. The zero-order chi connectivity index (χ0) is 13.7. The van der Waals surface area contributed by atoms with Crippen LogP contribution in [0.25, 0.3) is 0 Å². The molecule has 4 nitrogen and oxygen atoms in total. The molecule has 0 aliphatic heterocycles. The van der Waals surface area contributed by atoms with Crippen LogP contribution in [0.3, 0.4) is 0 Å². The van der Waals surface area contributed by atoms with Crippen molar-refractivity contribution in [1.82, 2.24) is 0 Å². The van der Waals surface area contributed by atoms with Gasteiger partial charge in [-0.1, -0.05) is 19.9 Å². The van der Waals surface area contributed by atoms with Gasteiger partial charge >= 0.3 is 6.09 Å². The molecule has 100 valence electrons. The lowest BCUT2D eigenvalue weighted by molar-refractivity contribution is 0.187. The van der Waals surface area contributed by atoms with Gasteiger partial charge in [-0.2, -0.15) is 0 Å². The third-order valence-corrected chi connectivity index (χ3v) is 3.00. The summed E-state index contributed by atoms with van der Waals surface area (Å²) in [6.45, 7) is 4.16. The van der Waals surface area contributed by atoms with Gasteiger partial charge in [-0.15, -0.1) is 0 Å². The Kier molecular flexibility index (Phi) is 5.01. The number of methoxy groups -OCH3 is 1. The molecule has 0 fully saturated rings. The Labute approximate surface area is 109 Å². The van der Waals surface area contributed by atoms with Gasteiger partial charge in [-0.3, -0.25) is 5.32 Å². The number of carbonyl (C=O) groups excluding carboxylic acids is 1. The molecule has 0 aliphatic rings. The second-order valence-corrected chi connectivity index (χ2v) is 4.32. The second kappa shape index (κ2) is 6.28. The molecule has 1 aromatic carbocycles. The maximum Gasteiger partial charge on any atom is 0.411 e. The monoisotopic (exact) mass is 250 g/mol. The molecule has 1 N–H and O–H groups in total. The van der Waals surface area contributed by atoms with Crippen molar-refractivity contribution in [3.05, 3.63) is 23.3 Å². The predicted octanol–water partition coefficient (Wildman–Crippen LogP) is 3.06. The highest BCUT2D eigenvalue weighted by atomic mass is 16.5. The summed E-state index contributed by atoms with van der Waals surface area (Å²) in [5, 5.41) is 2.84. The average Bonchev–Trinajstić information content (AvgIpc) is 2.37. The van der Waals surface area contributed by atoms with Crippen LogP contribution in [0.15, 0.2) is 12.1 Å².